The molecule has 0 aliphatic heterocycles. The van der Waals surface area contributed by atoms with Crippen LogP contribution in [0.2, 0.25) is 0 Å². The molecule has 0 unspecified atom stereocenters. The second kappa shape index (κ2) is 9.03. The predicted octanol–water partition coefficient (Wildman–Crippen LogP) is 2.71. The summed E-state index contributed by atoms with van der Waals surface area (Å²) < 4.78 is 53.1. The zero-order valence-electron chi connectivity index (χ0n) is 15.3. The van der Waals surface area contributed by atoms with Gasteiger partial charge >= 0.3 is 0 Å². The minimum absolute atomic E-state index is 0.0734. The molecule has 2 aromatic carbocycles. The van der Waals surface area contributed by atoms with Crippen molar-refractivity contribution in [3.63, 3.8) is 0 Å². The number of carbonyl (C=O) groups is 2. The van der Waals surface area contributed by atoms with Crippen molar-refractivity contribution in [3.8, 4) is 0 Å². The van der Waals surface area contributed by atoms with Crippen LogP contribution in [0, 0.1) is 11.6 Å². The number of ketones is 1. The quantitative estimate of drug-likeness (QED) is 0.655. The third-order valence-corrected chi connectivity index (χ3v) is 5.47. The maximum Gasteiger partial charge on any atom is 0.240 e. The van der Waals surface area contributed by atoms with Crippen LogP contribution in [-0.4, -0.2) is 26.7 Å². The highest BCUT2D eigenvalue weighted by Crippen LogP contribution is 2.16. The van der Waals surface area contributed by atoms with E-state index >= 15 is 0 Å². The molecule has 2 aromatic rings. The van der Waals surface area contributed by atoms with Crippen LogP contribution in [0.3, 0.4) is 0 Å². The Bertz CT molecular complexity index is 993. The maximum absolute atomic E-state index is 13.3. The van der Waals surface area contributed by atoms with E-state index in [0.29, 0.717) is 5.56 Å². The number of nitrogens with one attached hydrogen (secondary N) is 2. The van der Waals surface area contributed by atoms with Gasteiger partial charge in [0, 0.05) is 18.5 Å². The summed E-state index contributed by atoms with van der Waals surface area (Å²) in [4.78, 5) is 23.3. The SMILES string of the molecule is CC(=O)c1cccc(S(=O)(=O)NCCC(=O)N[C@@H](C)c2ccc(F)c(F)c2)c1. The summed E-state index contributed by atoms with van der Waals surface area (Å²) in [6.07, 6.45) is -0.153. The topological polar surface area (TPSA) is 92.3 Å². The molecule has 0 heterocycles. The normalized spacial score (nSPS) is 12.4. The van der Waals surface area contributed by atoms with Gasteiger partial charge in [-0.25, -0.2) is 21.9 Å². The van der Waals surface area contributed by atoms with Crippen LogP contribution in [0.5, 0.6) is 0 Å². The lowest BCUT2D eigenvalue weighted by molar-refractivity contribution is -0.121. The molecular weight excluding hydrogens is 390 g/mol. The number of halogens is 2. The van der Waals surface area contributed by atoms with Gasteiger partial charge in [-0.05, 0) is 43.7 Å². The fourth-order valence-corrected chi connectivity index (χ4v) is 3.52. The molecule has 6 nitrogen and oxygen atoms in total. The van der Waals surface area contributed by atoms with E-state index in [-0.39, 0.29) is 29.2 Å². The zero-order chi connectivity index (χ0) is 20.9. The fraction of sp³-hybridized carbons (Fsp3) is 0.263. The molecule has 2 rings (SSSR count). The number of hydrogen-bond donors (Lipinski definition) is 2. The average Bonchev–Trinajstić information content (AvgIpc) is 2.63. The monoisotopic (exact) mass is 410 g/mol. The van der Waals surface area contributed by atoms with Crippen molar-refractivity contribution in [1.82, 2.24) is 10.0 Å². The Hall–Kier alpha value is -2.65. The predicted molar refractivity (Wildman–Crippen MR) is 99.2 cm³/mol. The molecule has 1 amide bonds. The second-order valence-electron chi connectivity index (χ2n) is 6.19. The van der Waals surface area contributed by atoms with Crippen molar-refractivity contribution in [2.75, 3.05) is 6.54 Å². The molecule has 0 aliphatic rings. The first-order chi connectivity index (χ1) is 13.1. The van der Waals surface area contributed by atoms with Crippen molar-refractivity contribution in [3.05, 3.63) is 65.2 Å². The molecule has 1 atom stereocenters. The number of hydrogen-bond acceptors (Lipinski definition) is 4. The van der Waals surface area contributed by atoms with E-state index in [1.807, 2.05) is 0 Å². The summed E-state index contributed by atoms with van der Waals surface area (Å²) in [6.45, 7) is 2.77. The second-order valence-corrected chi connectivity index (χ2v) is 7.96. The zero-order valence-corrected chi connectivity index (χ0v) is 16.1. The minimum Gasteiger partial charge on any atom is -0.350 e. The van der Waals surface area contributed by atoms with E-state index in [4.69, 9.17) is 0 Å². The molecule has 0 aliphatic carbocycles. The standard InChI is InChI=1S/C19H20F2N2O4S/c1-12(14-6-7-17(20)18(21)11-14)23-19(25)8-9-22-28(26,27)16-5-3-4-15(10-16)13(2)24/h3-7,10-12,22H,8-9H2,1-2H3,(H,23,25)/t12-/m0/s1. The molecule has 2 N–H and O–H groups in total. The van der Waals surface area contributed by atoms with Gasteiger partial charge in [0.2, 0.25) is 15.9 Å². The van der Waals surface area contributed by atoms with Gasteiger partial charge in [-0.1, -0.05) is 18.2 Å². The van der Waals surface area contributed by atoms with E-state index in [1.165, 1.54) is 37.3 Å². The highest BCUT2D eigenvalue weighted by Gasteiger charge is 2.17. The molecule has 0 saturated heterocycles. The van der Waals surface area contributed by atoms with Crippen molar-refractivity contribution in [1.29, 1.82) is 0 Å². The van der Waals surface area contributed by atoms with Crippen molar-refractivity contribution in [2.45, 2.75) is 31.2 Å². The molecule has 0 radical (unpaired) electrons. The Kier molecular flexibility index (Phi) is 6.98. The Morgan fingerprint density at radius 1 is 1.07 bits per heavy atom. The number of Topliss-reactive ketones (excluding diaryl/α,β-unsaturated/α-hetero) is 1. The first kappa shape index (κ1) is 21.6. The summed E-state index contributed by atoms with van der Waals surface area (Å²) in [5.41, 5.74) is 0.648. The van der Waals surface area contributed by atoms with Crippen LogP contribution >= 0.6 is 0 Å². The van der Waals surface area contributed by atoms with Crippen LogP contribution in [-0.2, 0) is 14.8 Å². The lowest BCUT2D eigenvalue weighted by Gasteiger charge is -2.15. The van der Waals surface area contributed by atoms with Crippen LogP contribution in [0.4, 0.5) is 8.78 Å². The van der Waals surface area contributed by atoms with Gasteiger partial charge in [-0.3, -0.25) is 9.59 Å². The highest BCUT2D eigenvalue weighted by molar-refractivity contribution is 7.89. The third-order valence-electron chi connectivity index (χ3n) is 4.02. The first-order valence-electron chi connectivity index (χ1n) is 8.45. The van der Waals surface area contributed by atoms with E-state index < -0.39 is 33.6 Å². The Labute approximate surface area is 162 Å². The maximum atomic E-state index is 13.3. The van der Waals surface area contributed by atoms with E-state index in [2.05, 4.69) is 10.0 Å². The smallest absolute Gasteiger partial charge is 0.240 e. The summed E-state index contributed by atoms with van der Waals surface area (Å²) in [5.74, 6) is -2.72. The molecule has 0 saturated carbocycles. The van der Waals surface area contributed by atoms with Gasteiger partial charge in [-0.15, -0.1) is 0 Å². The molecule has 0 spiro atoms. The summed E-state index contributed by atoms with van der Waals surface area (Å²) in [5, 5.41) is 2.59. The van der Waals surface area contributed by atoms with Crippen LogP contribution in [0.25, 0.3) is 0 Å². The van der Waals surface area contributed by atoms with Gasteiger partial charge in [0.25, 0.3) is 0 Å². The van der Waals surface area contributed by atoms with Gasteiger partial charge < -0.3 is 5.32 Å². The van der Waals surface area contributed by atoms with Crippen molar-refractivity contribution >= 4 is 21.7 Å². The molecule has 150 valence electrons. The molecule has 9 heteroatoms. The van der Waals surface area contributed by atoms with Gasteiger partial charge in [0.15, 0.2) is 17.4 Å². The number of carbonyl (C=O) groups excluding carboxylic acids is 2. The van der Waals surface area contributed by atoms with Crippen LogP contribution < -0.4 is 10.0 Å². The number of sulfonamides is 1. The largest absolute Gasteiger partial charge is 0.350 e. The lowest BCUT2D eigenvalue weighted by Crippen LogP contribution is -2.32. The summed E-state index contributed by atoms with van der Waals surface area (Å²) >= 11 is 0. The molecule has 0 fully saturated rings. The van der Waals surface area contributed by atoms with Crippen molar-refractivity contribution < 1.29 is 26.8 Å². The Balaban J connectivity index is 1.91. The number of rotatable bonds is 8. The Morgan fingerprint density at radius 3 is 2.43 bits per heavy atom. The van der Waals surface area contributed by atoms with Gasteiger partial charge in [0.1, 0.15) is 0 Å². The van der Waals surface area contributed by atoms with E-state index in [9.17, 15) is 26.8 Å². The van der Waals surface area contributed by atoms with Crippen molar-refractivity contribution in [2.24, 2.45) is 0 Å². The van der Waals surface area contributed by atoms with Crippen LogP contribution in [0.15, 0.2) is 47.4 Å². The fourth-order valence-electron chi connectivity index (χ4n) is 2.44. The lowest BCUT2D eigenvalue weighted by atomic mass is 10.1. The van der Waals surface area contributed by atoms with E-state index in [0.717, 1.165) is 12.1 Å². The molecule has 28 heavy (non-hydrogen) atoms. The molecule has 0 aromatic heterocycles. The third kappa shape index (κ3) is 5.67. The summed E-state index contributed by atoms with van der Waals surface area (Å²) in [7, 11) is -3.88. The Morgan fingerprint density at radius 2 is 1.79 bits per heavy atom. The number of benzene rings is 2. The molecular formula is C19H20F2N2O4S. The average molecular weight is 410 g/mol. The highest BCUT2D eigenvalue weighted by atomic mass is 32.2. The molecule has 0 bridgehead atoms. The van der Waals surface area contributed by atoms with Gasteiger partial charge in [-0.2, -0.15) is 0 Å². The van der Waals surface area contributed by atoms with Crippen LogP contribution in [0.1, 0.15) is 42.2 Å². The van der Waals surface area contributed by atoms with E-state index in [1.54, 1.807) is 6.92 Å². The van der Waals surface area contributed by atoms with Gasteiger partial charge in [0.05, 0.1) is 10.9 Å². The summed E-state index contributed by atoms with van der Waals surface area (Å²) in [6, 6.07) is 8.31. The number of amides is 1. The first-order valence-corrected chi connectivity index (χ1v) is 9.93. The minimum atomic E-state index is -3.88.